The van der Waals surface area contributed by atoms with Gasteiger partial charge >= 0.3 is 0 Å². The van der Waals surface area contributed by atoms with Crippen molar-refractivity contribution >= 4 is 7.80 Å². The second-order valence-corrected chi connectivity index (χ2v) is 11.2. The molecule has 0 aromatic carbocycles. The van der Waals surface area contributed by atoms with Crippen molar-refractivity contribution in [1.82, 2.24) is 0 Å². The van der Waals surface area contributed by atoms with Gasteiger partial charge in [-0.1, -0.05) is 6.92 Å². The summed E-state index contributed by atoms with van der Waals surface area (Å²) < 4.78 is 25.6. The molecular weight excluding hydrogens is 283 g/mol. The third-order valence-corrected chi connectivity index (χ3v) is 8.38. The highest BCUT2D eigenvalue weighted by Crippen LogP contribution is 2.57. The Morgan fingerprint density at radius 1 is 1.05 bits per heavy atom. The number of ether oxygens (including phenoxy) is 2. The van der Waals surface area contributed by atoms with Crippen LogP contribution in [0.1, 0.15) is 60.8 Å². The van der Waals surface area contributed by atoms with Gasteiger partial charge in [-0.15, -0.1) is 0 Å². The molecule has 6 unspecified atom stereocenters. The molecule has 0 bridgehead atoms. The van der Waals surface area contributed by atoms with Crippen LogP contribution in [0.3, 0.4) is 0 Å². The van der Waals surface area contributed by atoms with E-state index in [1.165, 1.54) is 0 Å². The molecule has 0 N–H and O–H groups in total. The lowest BCUT2D eigenvalue weighted by Crippen LogP contribution is -2.50. The fourth-order valence-electron chi connectivity index (χ4n) is 4.89. The summed E-state index contributed by atoms with van der Waals surface area (Å²) in [6.07, 6.45) is 4.19. The van der Waals surface area contributed by atoms with Crippen LogP contribution in [0.2, 0.25) is 0 Å². The van der Waals surface area contributed by atoms with Gasteiger partial charge in [0, 0.05) is 17.7 Å². The van der Waals surface area contributed by atoms with Crippen LogP contribution in [0.4, 0.5) is 0 Å². The number of rotatable bonds is 1. The first kappa shape index (κ1) is 16.0. The van der Waals surface area contributed by atoms with Gasteiger partial charge < -0.3 is 14.0 Å². The second-order valence-electron chi connectivity index (χ2n) is 8.95. The predicted molar refractivity (Wildman–Crippen MR) is 86.7 cm³/mol. The third kappa shape index (κ3) is 2.75. The number of fused-ring (bicyclic) bond motifs is 1. The Hall–Kier alpha value is 0.150. The minimum atomic E-state index is -1.54. The molecule has 0 aromatic heterocycles. The van der Waals surface area contributed by atoms with Crippen LogP contribution < -0.4 is 0 Å². The summed E-state index contributed by atoms with van der Waals surface area (Å²) in [5, 5.41) is 0. The van der Waals surface area contributed by atoms with Gasteiger partial charge in [0.15, 0.2) is 0 Å². The molecule has 3 fully saturated rings. The minimum absolute atomic E-state index is 0.0583. The van der Waals surface area contributed by atoms with Gasteiger partial charge in [0.2, 0.25) is 0 Å². The summed E-state index contributed by atoms with van der Waals surface area (Å²) in [6, 6.07) is 0. The molecule has 3 rings (SSSR count). The van der Waals surface area contributed by atoms with Crippen LogP contribution >= 0.6 is 7.80 Å². The molecule has 6 atom stereocenters. The van der Waals surface area contributed by atoms with Crippen molar-refractivity contribution in [3.63, 3.8) is 0 Å². The molecule has 0 saturated carbocycles. The monoisotopic (exact) mass is 314 g/mol. The summed E-state index contributed by atoms with van der Waals surface area (Å²) in [4.78, 5) is 0. The summed E-state index contributed by atoms with van der Waals surface area (Å²) in [7, 11) is -1.54. The Morgan fingerprint density at radius 2 is 1.71 bits per heavy atom. The molecule has 21 heavy (non-hydrogen) atoms. The molecule has 0 aromatic rings. The van der Waals surface area contributed by atoms with E-state index in [1.54, 1.807) is 0 Å². The zero-order valence-corrected chi connectivity index (χ0v) is 15.4. The van der Waals surface area contributed by atoms with Gasteiger partial charge in [-0.25, -0.2) is 0 Å². The first-order chi connectivity index (χ1) is 9.53. The summed E-state index contributed by atoms with van der Waals surface area (Å²) in [5.74, 6) is 0.725. The molecule has 0 aliphatic carbocycles. The molecule has 3 saturated heterocycles. The van der Waals surface area contributed by atoms with E-state index < -0.39 is 7.80 Å². The largest absolute Gasteiger partial charge is 0.372 e. The van der Waals surface area contributed by atoms with E-state index in [9.17, 15) is 4.57 Å². The van der Waals surface area contributed by atoms with Crippen molar-refractivity contribution in [2.24, 2.45) is 11.8 Å². The number of hydrogen-bond donors (Lipinski definition) is 0. The van der Waals surface area contributed by atoms with Crippen LogP contribution in [-0.2, 0) is 14.0 Å². The van der Waals surface area contributed by atoms with E-state index in [1.807, 2.05) is 0 Å². The maximum absolute atomic E-state index is 12.7. The maximum Gasteiger partial charge on any atom is 0.0797 e. The highest BCUT2D eigenvalue weighted by molar-refractivity contribution is 7.45. The van der Waals surface area contributed by atoms with E-state index >= 15 is 0 Å². The van der Waals surface area contributed by atoms with Gasteiger partial charge in [0.25, 0.3) is 0 Å². The highest BCUT2D eigenvalue weighted by atomic mass is 31.1. The highest BCUT2D eigenvalue weighted by Gasteiger charge is 2.58. The molecule has 4 heteroatoms. The Labute approximate surface area is 129 Å². The first-order valence-electron chi connectivity index (χ1n) is 8.44. The fourth-order valence-corrected chi connectivity index (χ4v) is 7.15. The number of hydrogen-bond acceptors (Lipinski definition) is 3. The van der Waals surface area contributed by atoms with Gasteiger partial charge in [0.1, 0.15) is 0 Å². The van der Waals surface area contributed by atoms with Crippen LogP contribution in [0.5, 0.6) is 0 Å². The molecular formula is C17H31O3P. The Morgan fingerprint density at radius 3 is 2.29 bits per heavy atom. The normalized spacial score (nSPS) is 51.8. The Bertz CT molecular complexity index is 459. The van der Waals surface area contributed by atoms with E-state index in [-0.39, 0.29) is 28.8 Å². The molecule has 3 aliphatic rings. The smallest absolute Gasteiger partial charge is 0.0797 e. The van der Waals surface area contributed by atoms with Gasteiger partial charge in [-0.2, -0.15) is 0 Å². The van der Waals surface area contributed by atoms with Crippen LogP contribution in [-0.4, -0.2) is 34.7 Å². The molecule has 0 amide bonds. The van der Waals surface area contributed by atoms with Crippen molar-refractivity contribution in [3.05, 3.63) is 0 Å². The molecule has 3 aliphatic heterocycles. The second kappa shape index (κ2) is 4.82. The topological polar surface area (TPSA) is 35.5 Å². The van der Waals surface area contributed by atoms with Crippen LogP contribution in [0, 0.1) is 11.8 Å². The van der Waals surface area contributed by atoms with E-state index in [4.69, 9.17) is 9.47 Å². The lowest BCUT2D eigenvalue weighted by atomic mass is 9.77. The van der Waals surface area contributed by atoms with Crippen molar-refractivity contribution in [1.29, 1.82) is 0 Å². The Kier molecular flexibility index (Phi) is 3.68. The Balaban J connectivity index is 1.90. The molecule has 3 heterocycles. The zero-order chi connectivity index (χ0) is 15.6. The summed E-state index contributed by atoms with van der Waals surface area (Å²) in [6.45, 7) is 13.1. The third-order valence-electron chi connectivity index (χ3n) is 6.09. The van der Waals surface area contributed by atoms with Gasteiger partial charge in [-0.3, -0.25) is 0 Å². The molecule has 0 radical (unpaired) electrons. The van der Waals surface area contributed by atoms with Gasteiger partial charge in [-0.05, 0) is 59.8 Å². The zero-order valence-electron chi connectivity index (χ0n) is 14.4. The standard InChI is InChI=1S/C17H31O3P/c1-11-12-9-16(4,5)19-14(12)13(10-21(11)18)17(6)8-7-15(2,3)20-17/h11-14,21H,7-10H2,1-6H3. The average Bonchev–Trinajstić information content (AvgIpc) is 2.81. The lowest BCUT2D eigenvalue weighted by molar-refractivity contribution is -0.148. The lowest BCUT2D eigenvalue weighted by Gasteiger charge is -2.45. The van der Waals surface area contributed by atoms with Crippen molar-refractivity contribution in [3.8, 4) is 0 Å². The first-order valence-corrected chi connectivity index (χ1v) is 10.1. The molecule has 3 nitrogen and oxygen atoms in total. The maximum atomic E-state index is 12.7. The fraction of sp³-hybridized carbons (Fsp3) is 1.00. The quantitative estimate of drug-likeness (QED) is 0.684. The van der Waals surface area contributed by atoms with Crippen molar-refractivity contribution in [2.45, 2.75) is 89.4 Å². The minimum Gasteiger partial charge on any atom is -0.372 e. The van der Waals surface area contributed by atoms with Crippen molar-refractivity contribution in [2.75, 3.05) is 6.16 Å². The SMILES string of the molecule is CC1C2CC(C)(C)OC2C(C2(C)CCC(C)(C)O2)C[PH]1=O. The molecule has 122 valence electrons. The van der Waals surface area contributed by atoms with E-state index in [2.05, 4.69) is 41.5 Å². The van der Waals surface area contributed by atoms with Crippen LogP contribution in [0.25, 0.3) is 0 Å². The van der Waals surface area contributed by atoms with E-state index in [0.29, 0.717) is 11.6 Å². The van der Waals surface area contributed by atoms with Crippen LogP contribution in [0.15, 0.2) is 0 Å². The van der Waals surface area contributed by atoms with E-state index in [0.717, 1.165) is 25.4 Å². The van der Waals surface area contributed by atoms with Gasteiger partial charge in [0.05, 0.1) is 30.7 Å². The summed E-state index contributed by atoms with van der Waals surface area (Å²) in [5.41, 5.74) is -0.000359. The summed E-state index contributed by atoms with van der Waals surface area (Å²) >= 11 is 0. The average molecular weight is 314 g/mol. The van der Waals surface area contributed by atoms with Crippen molar-refractivity contribution < 1.29 is 14.0 Å². The predicted octanol–water partition coefficient (Wildman–Crippen LogP) is 4.10. The molecule has 0 spiro atoms.